The smallest absolute Gasteiger partial charge is 0.290 e. The van der Waals surface area contributed by atoms with E-state index in [9.17, 15) is 9.59 Å². The second kappa shape index (κ2) is 10.8. The molecule has 0 bridgehead atoms. The van der Waals surface area contributed by atoms with Gasteiger partial charge in [-0.05, 0) is 62.3 Å². The standard InChI is InChI=1S/C33H29ClN2O4/c1-35(2)17-8-18-36-29(22-11-7-12-24(19-22)39-20-23-10-4-6-14-27(23)34)28-30(37)26-16-15-21-9-3-5-13-25(21)31(26)40-32(28)33(36)38/h3-7,9-16,19,29H,8,17-18,20H2,1-2H3. The number of ether oxygens (including phenoxy) is 1. The molecular formula is C33H29ClN2O4. The van der Waals surface area contributed by atoms with E-state index in [2.05, 4.69) is 4.90 Å². The Hall–Kier alpha value is -4.13. The normalized spacial score (nSPS) is 14.8. The van der Waals surface area contributed by atoms with Crippen molar-refractivity contribution in [2.24, 2.45) is 0 Å². The lowest BCUT2D eigenvalue weighted by molar-refractivity contribution is 0.0722. The van der Waals surface area contributed by atoms with E-state index in [1.807, 2.05) is 93.0 Å². The minimum Gasteiger partial charge on any atom is -0.489 e. The summed E-state index contributed by atoms with van der Waals surface area (Å²) in [5.74, 6) is 0.474. The fourth-order valence-electron chi connectivity index (χ4n) is 5.43. The van der Waals surface area contributed by atoms with Gasteiger partial charge < -0.3 is 19.0 Å². The zero-order valence-corrected chi connectivity index (χ0v) is 23.1. The van der Waals surface area contributed by atoms with Crippen molar-refractivity contribution in [1.29, 1.82) is 0 Å². The van der Waals surface area contributed by atoms with Crippen molar-refractivity contribution in [2.75, 3.05) is 27.2 Å². The molecule has 1 aromatic heterocycles. The SMILES string of the molecule is CN(C)CCCN1C(=O)c2oc3c(ccc4ccccc43)c(=O)c2C1c1cccc(OCc2ccccc2Cl)c1. The molecule has 6 nitrogen and oxygen atoms in total. The molecular weight excluding hydrogens is 524 g/mol. The minimum absolute atomic E-state index is 0.117. The average Bonchev–Trinajstić information content (AvgIpc) is 3.24. The van der Waals surface area contributed by atoms with Gasteiger partial charge in [0.25, 0.3) is 5.91 Å². The lowest BCUT2D eigenvalue weighted by Crippen LogP contribution is -2.32. The number of hydrogen-bond donors (Lipinski definition) is 0. The monoisotopic (exact) mass is 552 g/mol. The van der Waals surface area contributed by atoms with Gasteiger partial charge in [0.05, 0.1) is 17.0 Å². The number of carbonyl (C=O) groups is 1. The van der Waals surface area contributed by atoms with Crippen molar-refractivity contribution in [3.8, 4) is 5.75 Å². The highest BCUT2D eigenvalue weighted by Gasteiger charge is 2.42. The number of benzene rings is 4. The number of amides is 1. The number of fused-ring (bicyclic) bond motifs is 4. The van der Waals surface area contributed by atoms with Crippen LogP contribution in [0.4, 0.5) is 0 Å². The van der Waals surface area contributed by atoms with E-state index in [0.29, 0.717) is 40.5 Å². The predicted molar refractivity (Wildman–Crippen MR) is 158 cm³/mol. The topological polar surface area (TPSA) is 63.0 Å². The highest BCUT2D eigenvalue weighted by molar-refractivity contribution is 6.31. The molecule has 1 unspecified atom stereocenters. The molecule has 0 fully saturated rings. The van der Waals surface area contributed by atoms with E-state index in [1.165, 1.54) is 0 Å². The zero-order chi connectivity index (χ0) is 27.8. The van der Waals surface area contributed by atoms with Crippen molar-refractivity contribution >= 4 is 39.2 Å². The van der Waals surface area contributed by atoms with Crippen LogP contribution in [0.3, 0.4) is 0 Å². The van der Waals surface area contributed by atoms with Crippen LogP contribution in [0.1, 0.15) is 39.7 Å². The van der Waals surface area contributed by atoms with E-state index in [0.717, 1.165) is 34.9 Å². The van der Waals surface area contributed by atoms with Crippen LogP contribution in [0.15, 0.2) is 94.1 Å². The van der Waals surface area contributed by atoms with E-state index < -0.39 is 6.04 Å². The van der Waals surface area contributed by atoms with Gasteiger partial charge in [-0.3, -0.25) is 9.59 Å². The maximum Gasteiger partial charge on any atom is 0.290 e. The van der Waals surface area contributed by atoms with Gasteiger partial charge in [-0.2, -0.15) is 0 Å². The lowest BCUT2D eigenvalue weighted by atomic mass is 9.97. The van der Waals surface area contributed by atoms with Crippen molar-refractivity contribution in [2.45, 2.75) is 19.1 Å². The summed E-state index contributed by atoms with van der Waals surface area (Å²) < 4.78 is 12.4. The van der Waals surface area contributed by atoms with Crippen LogP contribution >= 0.6 is 11.6 Å². The molecule has 5 aromatic rings. The van der Waals surface area contributed by atoms with Gasteiger partial charge in [0.2, 0.25) is 5.76 Å². The van der Waals surface area contributed by atoms with Crippen LogP contribution in [0.25, 0.3) is 21.7 Å². The summed E-state index contributed by atoms with van der Waals surface area (Å²) in [7, 11) is 4.00. The summed E-state index contributed by atoms with van der Waals surface area (Å²) in [5.41, 5.74) is 2.31. The summed E-state index contributed by atoms with van der Waals surface area (Å²) in [6, 6.07) is 26.0. The molecule has 0 aliphatic carbocycles. The van der Waals surface area contributed by atoms with Crippen molar-refractivity contribution < 1.29 is 13.9 Å². The van der Waals surface area contributed by atoms with Crippen LogP contribution in [-0.4, -0.2) is 42.9 Å². The third kappa shape index (κ3) is 4.74. The predicted octanol–water partition coefficient (Wildman–Crippen LogP) is 6.68. The first kappa shape index (κ1) is 26.1. The van der Waals surface area contributed by atoms with E-state index in [1.54, 1.807) is 11.0 Å². The Morgan fingerprint density at radius 1 is 0.925 bits per heavy atom. The van der Waals surface area contributed by atoms with Crippen molar-refractivity contribution in [1.82, 2.24) is 9.80 Å². The molecule has 6 rings (SSSR count). The highest BCUT2D eigenvalue weighted by atomic mass is 35.5. The largest absolute Gasteiger partial charge is 0.489 e. The first-order valence-electron chi connectivity index (χ1n) is 13.3. The molecule has 7 heteroatoms. The number of carbonyl (C=O) groups excluding carboxylic acids is 1. The molecule has 0 saturated heterocycles. The number of hydrogen-bond acceptors (Lipinski definition) is 5. The molecule has 0 spiro atoms. The Balaban J connectivity index is 1.44. The Labute approximate surface area is 237 Å². The minimum atomic E-state index is -0.583. The van der Waals surface area contributed by atoms with Crippen molar-refractivity contribution in [3.63, 3.8) is 0 Å². The van der Waals surface area contributed by atoms with Crippen LogP contribution in [0, 0.1) is 0 Å². The second-order valence-electron chi connectivity index (χ2n) is 10.3. The molecule has 4 aromatic carbocycles. The molecule has 1 amide bonds. The Morgan fingerprint density at radius 3 is 2.55 bits per heavy atom. The Morgan fingerprint density at radius 2 is 1.73 bits per heavy atom. The quantitative estimate of drug-likeness (QED) is 0.201. The van der Waals surface area contributed by atoms with Crippen LogP contribution < -0.4 is 10.2 Å². The summed E-state index contributed by atoms with van der Waals surface area (Å²) in [5, 5.41) is 2.87. The Kier molecular flexibility index (Phi) is 7.05. The zero-order valence-electron chi connectivity index (χ0n) is 22.4. The van der Waals surface area contributed by atoms with E-state index >= 15 is 0 Å². The van der Waals surface area contributed by atoms with E-state index in [4.69, 9.17) is 20.8 Å². The molecule has 0 N–H and O–H groups in total. The van der Waals surface area contributed by atoms with Crippen LogP contribution in [-0.2, 0) is 6.61 Å². The third-order valence-electron chi connectivity index (χ3n) is 7.39. The fourth-order valence-corrected chi connectivity index (χ4v) is 5.62. The molecule has 1 atom stereocenters. The molecule has 202 valence electrons. The average molecular weight is 553 g/mol. The van der Waals surface area contributed by atoms with Gasteiger partial charge in [0.15, 0.2) is 5.43 Å². The molecule has 0 saturated carbocycles. The Bertz CT molecular complexity index is 1800. The molecule has 40 heavy (non-hydrogen) atoms. The second-order valence-corrected chi connectivity index (χ2v) is 10.8. The molecule has 1 aliphatic heterocycles. The van der Waals surface area contributed by atoms with Gasteiger partial charge in [-0.1, -0.05) is 72.3 Å². The van der Waals surface area contributed by atoms with Gasteiger partial charge in [-0.25, -0.2) is 0 Å². The van der Waals surface area contributed by atoms with Crippen molar-refractivity contribution in [3.05, 3.63) is 123 Å². The molecule has 2 heterocycles. The van der Waals surface area contributed by atoms with Gasteiger partial charge in [0, 0.05) is 22.5 Å². The maximum atomic E-state index is 14.1. The maximum absolute atomic E-state index is 14.1. The third-order valence-corrected chi connectivity index (χ3v) is 7.76. The summed E-state index contributed by atoms with van der Waals surface area (Å²) in [6.07, 6.45) is 0.753. The highest BCUT2D eigenvalue weighted by Crippen LogP contribution is 2.40. The van der Waals surface area contributed by atoms with E-state index in [-0.39, 0.29) is 17.1 Å². The first-order chi connectivity index (χ1) is 19.4. The first-order valence-corrected chi connectivity index (χ1v) is 13.7. The van der Waals surface area contributed by atoms with Gasteiger partial charge >= 0.3 is 0 Å². The van der Waals surface area contributed by atoms with Crippen LogP contribution in [0.5, 0.6) is 5.75 Å². The number of nitrogens with zero attached hydrogens (tertiary/aromatic N) is 2. The molecule has 0 radical (unpaired) electrons. The summed E-state index contributed by atoms with van der Waals surface area (Å²) >= 11 is 6.32. The summed E-state index contributed by atoms with van der Waals surface area (Å²) in [6.45, 7) is 1.59. The number of rotatable bonds is 8. The fraction of sp³-hybridized carbons (Fsp3) is 0.212. The lowest BCUT2D eigenvalue weighted by Gasteiger charge is -2.26. The van der Waals surface area contributed by atoms with Gasteiger partial charge in [0.1, 0.15) is 17.9 Å². The molecule has 1 aliphatic rings. The number of halogens is 1. The van der Waals surface area contributed by atoms with Crippen LogP contribution in [0.2, 0.25) is 5.02 Å². The summed E-state index contributed by atoms with van der Waals surface area (Å²) in [4.78, 5) is 31.8. The van der Waals surface area contributed by atoms with Gasteiger partial charge in [-0.15, -0.1) is 0 Å².